The van der Waals surface area contributed by atoms with E-state index in [1.54, 1.807) is 12.1 Å². The Kier molecular flexibility index (Phi) is 4.62. The van der Waals surface area contributed by atoms with Gasteiger partial charge in [-0.2, -0.15) is 0 Å². The fraction of sp³-hybridized carbons (Fsp3) is 0.632. The molecule has 4 nitrogen and oxygen atoms in total. The Morgan fingerprint density at radius 3 is 2.87 bits per heavy atom. The predicted octanol–water partition coefficient (Wildman–Crippen LogP) is 3.09. The molecule has 23 heavy (non-hydrogen) atoms. The van der Waals surface area contributed by atoms with E-state index in [0.717, 1.165) is 37.4 Å². The number of carbonyl (C=O) groups is 1. The number of likely N-dealkylation sites (tertiary alicyclic amines) is 1. The van der Waals surface area contributed by atoms with Gasteiger partial charge >= 0.3 is 5.97 Å². The van der Waals surface area contributed by atoms with Crippen LogP contribution in [0, 0.1) is 5.92 Å². The van der Waals surface area contributed by atoms with Gasteiger partial charge in [0, 0.05) is 12.6 Å². The van der Waals surface area contributed by atoms with Gasteiger partial charge in [0.05, 0.1) is 6.61 Å². The summed E-state index contributed by atoms with van der Waals surface area (Å²) in [5.41, 5.74) is 0.200. The van der Waals surface area contributed by atoms with E-state index in [1.807, 2.05) is 19.1 Å². The fourth-order valence-corrected chi connectivity index (χ4v) is 3.98. The molecule has 0 bridgehead atoms. The highest BCUT2D eigenvalue weighted by Gasteiger charge is 2.51. The minimum atomic E-state index is -0.679. The van der Waals surface area contributed by atoms with Gasteiger partial charge in [0.15, 0.2) is 0 Å². The summed E-state index contributed by atoms with van der Waals surface area (Å²) < 4.78 is 5.47. The summed E-state index contributed by atoms with van der Waals surface area (Å²) in [5, 5.41) is 9.91. The number of phenols is 1. The average molecular weight is 317 g/mol. The van der Waals surface area contributed by atoms with Crippen molar-refractivity contribution in [1.29, 1.82) is 0 Å². The predicted molar refractivity (Wildman–Crippen MR) is 89.4 cm³/mol. The first-order valence-corrected chi connectivity index (χ1v) is 8.78. The van der Waals surface area contributed by atoms with Crippen molar-refractivity contribution in [3.63, 3.8) is 0 Å². The molecule has 0 aromatic heterocycles. The Morgan fingerprint density at radius 2 is 2.22 bits per heavy atom. The number of aromatic hydroxyl groups is 1. The smallest absolute Gasteiger partial charge is 0.318 e. The van der Waals surface area contributed by atoms with Crippen LogP contribution in [-0.4, -0.2) is 41.7 Å². The van der Waals surface area contributed by atoms with Gasteiger partial charge < -0.3 is 9.84 Å². The van der Waals surface area contributed by atoms with Gasteiger partial charge in [-0.15, -0.1) is 0 Å². The highest BCUT2D eigenvalue weighted by atomic mass is 16.5. The lowest BCUT2D eigenvalue weighted by Crippen LogP contribution is -2.58. The van der Waals surface area contributed by atoms with E-state index in [4.69, 9.17) is 4.74 Å². The molecule has 1 saturated carbocycles. The number of benzene rings is 1. The second kappa shape index (κ2) is 6.52. The van der Waals surface area contributed by atoms with Crippen molar-refractivity contribution in [2.75, 3.05) is 19.7 Å². The summed E-state index contributed by atoms with van der Waals surface area (Å²) in [4.78, 5) is 15.4. The third-order valence-electron chi connectivity index (χ3n) is 5.47. The molecular weight excluding hydrogens is 290 g/mol. The number of rotatable bonds is 5. The summed E-state index contributed by atoms with van der Waals surface area (Å²) in [6, 6.07) is 7.23. The van der Waals surface area contributed by atoms with E-state index in [0.29, 0.717) is 6.61 Å². The van der Waals surface area contributed by atoms with Gasteiger partial charge in [-0.3, -0.25) is 9.69 Å². The number of phenolic OH excluding ortho intramolecular Hbond substituents is 1. The molecule has 1 heterocycles. The van der Waals surface area contributed by atoms with E-state index in [-0.39, 0.29) is 17.8 Å². The lowest BCUT2D eigenvalue weighted by molar-refractivity contribution is -0.155. The number of piperidine rings is 1. The average Bonchev–Trinajstić information content (AvgIpc) is 3.34. The zero-order valence-electron chi connectivity index (χ0n) is 14.1. The Bertz CT molecular complexity index is 569. The molecule has 0 amide bonds. The molecule has 1 saturated heterocycles. The minimum absolute atomic E-state index is 0.0812. The summed E-state index contributed by atoms with van der Waals surface area (Å²) in [7, 11) is 0. The van der Waals surface area contributed by atoms with Crippen LogP contribution in [0.1, 0.15) is 45.1 Å². The maximum Gasteiger partial charge on any atom is 0.318 e. The van der Waals surface area contributed by atoms with Crippen LogP contribution in [0.5, 0.6) is 5.75 Å². The van der Waals surface area contributed by atoms with E-state index in [1.165, 1.54) is 12.8 Å². The van der Waals surface area contributed by atoms with Crippen molar-refractivity contribution in [2.24, 2.45) is 5.92 Å². The zero-order valence-corrected chi connectivity index (χ0v) is 14.1. The van der Waals surface area contributed by atoms with Gasteiger partial charge in [-0.05, 0) is 69.7 Å². The fourth-order valence-electron chi connectivity index (χ4n) is 3.98. The Balaban J connectivity index is 1.98. The summed E-state index contributed by atoms with van der Waals surface area (Å²) >= 11 is 0. The third-order valence-corrected chi connectivity index (χ3v) is 5.47. The van der Waals surface area contributed by atoms with Crippen LogP contribution in [0.25, 0.3) is 0 Å². The number of esters is 1. The van der Waals surface area contributed by atoms with Crippen molar-refractivity contribution in [1.82, 2.24) is 4.90 Å². The van der Waals surface area contributed by atoms with Crippen LogP contribution in [-0.2, 0) is 14.9 Å². The largest absolute Gasteiger partial charge is 0.508 e. The van der Waals surface area contributed by atoms with Gasteiger partial charge in [-0.1, -0.05) is 12.1 Å². The summed E-state index contributed by atoms with van der Waals surface area (Å²) in [6.45, 7) is 6.49. The molecule has 1 aliphatic heterocycles. The van der Waals surface area contributed by atoms with E-state index in [2.05, 4.69) is 11.8 Å². The van der Waals surface area contributed by atoms with Crippen LogP contribution < -0.4 is 0 Å². The number of hydrogen-bond acceptors (Lipinski definition) is 4. The molecule has 0 unspecified atom stereocenters. The van der Waals surface area contributed by atoms with Crippen LogP contribution >= 0.6 is 0 Å². The third kappa shape index (κ3) is 3.09. The molecule has 2 atom stereocenters. The number of hydrogen-bond donors (Lipinski definition) is 1. The van der Waals surface area contributed by atoms with Crippen molar-refractivity contribution < 1.29 is 14.6 Å². The summed E-state index contributed by atoms with van der Waals surface area (Å²) in [5.74, 6) is 0.843. The first-order chi connectivity index (χ1) is 11.1. The van der Waals surface area contributed by atoms with Crippen molar-refractivity contribution in [3.8, 4) is 5.75 Å². The molecule has 126 valence electrons. The van der Waals surface area contributed by atoms with Crippen molar-refractivity contribution in [2.45, 2.75) is 51.0 Å². The monoisotopic (exact) mass is 317 g/mol. The second-order valence-electron chi connectivity index (χ2n) is 6.96. The number of nitrogens with zero attached hydrogens (tertiary/aromatic N) is 1. The second-order valence-corrected chi connectivity index (χ2v) is 6.96. The normalized spacial score (nSPS) is 28.5. The molecule has 0 spiro atoms. The molecule has 2 aliphatic rings. The van der Waals surface area contributed by atoms with Crippen LogP contribution in [0.3, 0.4) is 0 Å². The molecule has 2 fully saturated rings. The lowest BCUT2D eigenvalue weighted by atomic mass is 9.68. The Labute approximate surface area is 138 Å². The topological polar surface area (TPSA) is 49.8 Å². The number of ether oxygens (including phenoxy) is 1. The van der Waals surface area contributed by atoms with Crippen LogP contribution in [0.2, 0.25) is 0 Å². The maximum absolute atomic E-state index is 13.0. The first kappa shape index (κ1) is 16.3. The quantitative estimate of drug-likeness (QED) is 0.848. The van der Waals surface area contributed by atoms with Gasteiger partial charge in [0.2, 0.25) is 0 Å². The van der Waals surface area contributed by atoms with Crippen molar-refractivity contribution >= 4 is 5.97 Å². The van der Waals surface area contributed by atoms with Crippen molar-refractivity contribution in [3.05, 3.63) is 29.8 Å². The molecule has 4 heteroatoms. The highest BCUT2D eigenvalue weighted by molar-refractivity contribution is 5.84. The highest BCUT2D eigenvalue weighted by Crippen LogP contribution is 2.43. The molecule has 1 aromatic carbocycles. The lowest BCUT2D eigenvalue weighted by Gasteiger charge is -2.47. The maximum atomic E-state index is 13.0. The number of carbonyl (C=O) groups excluding carboxylic acids is 1. The van der Waals surface area contributed by atoms with Crippen LogP contribution in [0.15, 0.2) is 24.3 Å². The Morgan fingerprint density at radius 1 is 1.43 bits per heavy atom. The van der Waals surface area contributed by atoms with Crippen LogP contribution in [0.4, 0.5) is 0 Å². The Hall–Kier alpha value is -1.55. The van der Waals surface area contributed by atoms with Gasteiger partial charge in [0.25, 0.3) is 0 Å². The van der Waals surface area contributed by atoms with E-state index >= 15 is 0 Å². The summed E-state index contributed by atoms with van der Waals surface area (Å²) in [6.07, 6.45) is 4.37. The van der Waals surface area contributed by atoms with E-state index < -0.39 is 5.41 Å². The first-order valence-electron chi connectivity index (χ1n) is 8.78. The molecule has 1 aliphatic carbocycles. The standard InChI is InChI=1S/C19H27NO3/c1-3-23-18(22)19(16-6-4-7-17(21)12-16)10-5-11-20(14(19)2)13-15-8-9-15/h4,6-7,12,14-15,21H,3,5,8-11,13H2,1-2H3/t14-,19+/m0/s1. The molecular formula is C19H27NO3. The zero-order chi connectivity index (χ0) is 16.4. The van der Waals surface area contributed by atoms with Gasteiger partial charge in [-0.25, -0.2) is 0 Å². The molecule has 0 radical (unpaired) electrons. The molecule has 1 aromatic rings. The molecule has 3 rings (SSSR count). The van der Waals surface area contributed by atoms with E-state index in [9.17, 15) is 9.90 Å². The molecule has 1 N–H and O–H groups in total. The van der Waals surface area contributed by atoms with Gasteiger partial charge in [0.1, 0.15) is 11.2 Å². The SMILES string of the molecule is CCOC(=O)[C@]1(c2cccc(O)c2)CCCN(CC2CC2)[C@H]1C. The minimum Gasteiger partial charge on any atom is -0.508 e.